The van der Waals surface area contributed by atoms with Gasteiger partial charge in [-0.1, -0.05) is 35.9 Å². The van der Waals surface area contributed by atoms with Crippen molar-refractivity contribution in [2.75, 3.05) is 0 Å². The van der Waals surface area contributed by atoms with E-state index in [1.807, 2.05) is 49.4 Å². The smallest absolute Gasteiger partial charge is 0.193 e. The Bertz CT molecular complexity index is 817. The minimum atomic E-state index is 0.00197. The molecule has 1 heterocycles. The second-order valence-corrected chi connectivity index (χ2v) is 5.28. The molecule has 0 aliphatic heterocycles. The minimum absolute atomic E-state index is 0.00197. The molecule has 1 atom stereocenters. The first-order valence-electron chi connectivity index (χ1n) is 6.51. The molecule has 0 amide bonds. The fourth-order valence-corrected chi connectivity index (χ4v) is 2.44. The third-order valence-electron chi connectivity index (χ3n) is 3.36. The predicted octanol–water partition coefficient (Wildman–Crippen LogP) is 4.14. The lowest BCUT2D eigenvalue weighted by Gasteiger charge is -2.05. The van der Waals surface area contributed by atoms with Gasteiger partial charge < -0.3 is 4.42 Å². The normalized spacial score (nSPS) is 10.9. The van der Waals surface area contributed by atoms with E-state index in [-0.39, 0.29) is 5.43 Å². The second kappa shape index (κ2) is 5.22. The Hall–Kier alpha value is -1.92. The first-order chi connectivity index (χ1) is 9.67. The summed E-state index contributed by atoms with van der Waals surface area (Å²) in [7, 11) is 2.66. The summed E-state index contributed by atoms with van der Waals surface area (Å²) in [5.41, 5.74) is 3.85. The van der Waals surface area contributed by atoms with Crippen LogP contribution in [0.1, 0.15) is 11.1 Å². The Morgan fingerprint density at radius 1 is 1.05 bits per heavy atom. The molecule has 3 aromatic rings. The zero-order valence-corrected chi connectivity index (χ0v) is 12.4. The predicted molar refractivity (Wildman–Crippen MR) is 86.1 cm³/mol. The summed E-state index contributed by atoms with van der Waals surface area (Å²) in [6.45, 7) is 2.03. The van der Waals surface area contributed by atoms with Crippen molar-refractivity contribution in [2.45, 2.75) is 13.1 Å². The van der Waals surface area contributed by atoms with Gasteiger partial charge in [-0.2, -0.15) is 0 Å². The highest BCUT2D eigenvalue weighted by Gasteiger charge is 2.07. The first kappa shape index (κ1) is 13.1. The van der Waals surface area contributed by atoms with Gasteiger partial charge >= 0.3 is 0 Å². The van der Waals surface area contributed by atoms with Gasteiger partial charge in [-0.3, -0.25) is 4.79 Å². The molecule has 0 spiro atoms. The zero-order valence-electron chi connectivity index (χ0n) is 11.2. The Morgan fingerprint density at radius 3 is 2.50 bits per heavy atom. The molecule has 3 rings (SSSR count). The molecule has 1 unspecified atom stereocenters. The summed E-state index contributed by atoms with van der Waals surface area (Å²) in [6.07, 6.45) is 0.828. The molecule has 20 heavy (non-hydrogen) atoms. The van der Waals surface area contributed by atoms with Crippen LogP contribution in [0.4, 0.5) is 0 Å². The lowest BCUT2D eigenvalue weighted by atomic mass is 10.1. The summed E-state index contributed by atoms with van der Waals surface area (Å²) in [6, 6.07) is 15.3. The maximum absolute atomic E-state index is 12.2. The number of aryl methyl sites for hydroxylation is 1. The number of benzene rings is 2. The van der Waals surface area contributed by atoms with E-state index in [2.05, 4.69) is 9.24 Å². The van der Waals surface area contributed by atoms with Crippen LogP contribution in [-0.2, 0) is 6.16 Å². The van der Waals surface area contributed by atoms with Crippen molar-refractivity contribution >= 4 is 20.2 Å². The molecule has 2 aromatic carbocycles. The number of rotatable bonds is 2. The molecule has 2 nitrogen and oxygen atoms in total. The maximum Gasteiger partial charge on any atom is 0.193 e. The van der Waals surface area contributed by atoms with Crippen LogP contribution in [-0.4, -0.2) is 0 Å². The van der Waals surface area contributed by atoms with Gasteiger partial charge in [0.05, 0.1) is 5.39 Å². The van der Waals surface area contributed by atoms with Crippen LogP contribution in [0, 0.1) is 6.92 Å². The summed E-state index contributed by atoms with van der Waals surface area (Å²) in [4.78, 5) is 12.2. The fraction of sp³-hybridized carbons (Fsp3) is 0.118. The van der Waals surface area contributed by atoms with Gasteiger partial charge in [0.25, 0.3) is 0 Å². The third kappa shape index (κ3) is 2.39. The molecule has 0 saturated heterocycles. The minimum Gasteiger partial charge on any atom is -0.456 e. The quantitative estimate of drug-likeness (QED) is 0.661. The van der Waals surface area contributed by atoms with E-state index in [0.29, 0.717) is 16.7 Å². The SMILES string of the molecule is Cc1ccc(-c2cc(=O)c3cc(CP)ccc3o2)cc1. The summed E-state index contributed by atoms with van der Waals surface area (Å²) in [5.74, 6) is 0.612. The molecule has 0 fully saturated rings. The van der Waals surface area contributed by atoms with Crippen LogP contribution in [0.15, 0.2) is 57.7 Å². The van der Waals surface area contributed by atoms with E-state index in [9.17, 15) is 4.79 Å². The summed E-state index contributed by atoms with van der Waals surface area (Å²) < 4.78 is 5.86. The van der Waals surface area contributed by atoms with Gasteiger partial charge in [0, 0.05) is 11.6 Å². The number of hydrogen-bond donors (Lipinski definition) is 0. The van der Waals surface area contributed by atoms with Crippen LogP contribution in [0.2, 0.25) is 0 Å². The Morgan fingerprint density at radius 2 is 1.80 bits per heavy atom. The molecule has 0 saturated carbocycles. The van der Waals surface area contributed by atoms with Crippen molar-refractivity contribution in [1.29, 1.82) is 0 Å². The van der Waals surface area contributed by atoms with Crippen LogP contribution in [0.3, 0.4) is 0 Å². The molecule has 0 radical (unpaired) electrons. The molecule has 100 valence electrons. The van der Waals surface area contributed by atoms with Crippen molar-refractivity contribution < 1.29 is 4.42 Å². The average molecular weight is 282 g/mol. The Balaban J connectivity index is 2.19. The van der Waals surface area contributed by atoms with Gasteiger partial charge in [0.15, 0.2) is 5.43 Å². The van der Waals surface area contributed by atoms with E-state index >= 15 is 0 Å². The van der Waals surface area contributed by atoms with E-state index in [1.54, 1.807) is 6.07 Å². The van der Waals surface area contributed by atoms with Crippen LogP contribution in [0.25, 0.3) is 22.3 Å². The molecular formula is C17H15O2P. The van der Waals surface area contributed by atoms with Crippen molar-refractivity contribution in [2.24, 2.45) is 0 Å². The molecular weight excluding hydrogens is 267 g/mol. The van der Waals surface area contributed by atoms with Crippen molar-refractivity contribution in [3.8, 4) is 11.3 Å². The maximum atomic E-state index is 12.2. The second-order valence-electron chi connectivity index (χ2n) is 4.88. The molecule has 0 bridgehead atoms. The highest BCUT2D eigenvalue weighted by molar-refractivity contribution is 7.15. The molecule has 0 aliphatic carbocycles. The van der Waals surface area contributed by atoms with Gasteiger partial charge in [-0.05, 0) is 30.8 Å². The van der Waals surface area contributed by atoms with Crippen molar-refractivity contribution in [3.63, 3.8) is 0 Å². The Labute approximate surface area is 119 Å². The highest BCUT2D eigenvalue weighted by atomic mass is 31.0. The van der Waals surface area contributed by atoms with Crippen LogP contribution < -0.4 is 5.43 Å². The molecule has 0 N–H and O–H groups in total. The van der Waals surface area contributed by atoms with Gasteiger partial charge in [0.1, 0.15) is 11.3 Å². The molecule has 1 aromatic heterocycles. The molecule has 0 aliphatic rings. The van der Waals surface area contributed by atoms with Crippen molar-refractivity contribution in [1.82, 2.24) is 0 Å². The van der Waals surface area contributed by atoms with Crippen LogP contribution in [0.5, 0.6) is 0 Å². The highest BCUT2D eigenvalue weighted by Crippen LogP contribution is 2.23. The lowest BCUT2D eigenvalue weighted by Crippen LogP contribution is -2.00. The lowest BCUT2D eigenvalue weighted by molar-refractivity contribution is 0.619. The van der Waals surface area contributed by atoms with Gasteiger partial charge in [0.2, 0.25) is 0 Å². The monoisotopic (exact) mass is 282 g/mol. The summed E-state index contributed by atoms with van der Waals surface area (Å²) in [5, 5.41) is 0.640. The van der Waals surface area contributed by atoms with E-state index in [1.165, 1.54) is 5.56 Å². The third-order valence-corrected chi connectivity index (χ3v) is 3.83. The van der Waals surface area contributed by atoms with Gasteiger partial charge in [-0.25, -0.2) is 0 Å². The van der Waals surface area contributed by atoms with E-state index in [0.717, 1.165) is 17.3 Å². The van der Waals surface area contributed by atoms with Gasteiger partial charge in [-0.15, -0.1) is 9.24 Å². The van der Waals surface area contributed by atoms with E-state index in [4.69, 9.17) is 4.42 Å². The Kier molecular flexibility index (Phi) is 3.42. The first-order valence-corrected chi connectivity index (χ1v) is 7.33. The number of hydrogen-bond acceptors (Lipinski definition) is 2. The number of fused-ring (bicyclic) bond motifs is 1. The standard InChI is InChI=1S/C17H15O2P/c1-11-2-5-13(6-3-11)17-9-15(18)14-8-12(10-20)4-7-16(14)19-17/h2-9H,10,20H2,1H3. The average Bonchev–Trinajstić information content (AvgIpc) is 2.47. The largest absolute Gasteiger partial charge is 0.456 e. The summed E-state index contributed by atoms with van der Waals surface area (Å²) >= 11 is 0. The zero-order chi connectivity index (χ0) is 14.1. The fourth-order valence-electron chi connectivity index (χ4n) is 2.19. The van der Waals surface area contributed by atoms with Crippen LogP contribution >= 0.6 is 9.24 Å². The van der Waals surface area contributed by atoms with Crippen molar-refractivity contribution in [3.05, 3.63) is 69.9 Å². The topological polar surface area (TPSA) is 30.2 Å². The molecule has 3 heteroatoms. The van der Waals surface area contributed by atoms with E-state index < -0.39 is 0 Å².